The lowest BCUT2D eigenvalue weighted by molar-refractivity contribution is 0.0866. The molecule has 6 heteroatoms. The normalized spacial score (nSPS) is 20.6. The molecule has 0 saturated carbocycles. The number of anilines is 1. The maximum Gasteiger partial charge on any atom is 0.104 e. The number of aromatic nitrogens is 4. The van der Waals surface area contributed by atoms with Crippen molar-refractivity contribution in [1.82, 2.24) is 19.6 Å². The molecule has 0 spiro atoms. The van der Waals surface area contributed by atoms with Crippen LogP contribution in [0.25, 0.3) is 10.9 Å². The largest absolute Gasteiger partial charge is 0.385 e. The lowest BCUT2D eigenvalue weighted by Gasteiger charge is -2.20. The summed E-state index contributed by atoms with van der Waals surface area (Å²) in [7, 11) is 1.97. The van der Waals surface area contributed by atoms with Gasteiger partial charge in [0.15, 0.2) is 0 Å². The van der Waals surface area contributed by atoms with Crippen molar-refractivity contribution in [2.75, 3.05) is 18.5 Å². The molecule has 0 bridgehead atoms. The van der Waals surface area contributed by atoms with Crippen molar-refractivity contribution in [1.29, 1.82) is 0 Å². The summed E-state index contributed by atoms with van der Waals surface area (Å²) in [5, 5.41) is 13.5. The summed E-state index contributed by atoms with van der Waals surface area (Å²) in [6.45, 7) is 6.00. The highest BCUT2D eigenvalue weighted by Gasteiger charge is 2.31. The van der Waals surface area contributed by atoms with E-state index in [0.29, 0.717) is 12.0 Å². The first-order valence-corrected chi connectivity index (χ1v) is 8.94. The molecule has 0 aliphatic carbocycles. The van der Waals surface area contributed by atoms with Crippen molar-refractivity contribution in [2.45, 2.75) is 32.4 Å². The average Bonchev–Trinajstić information content (AvgIpc) is 3.30. The first kappa shape index (κ1) is 16.1. The lowest BCUT2D eigenvalue weighted by atomic mass is 9.99. The molecule has 25 heavy (non-hydrogen) atoms. The molecule has 1 saturated heterocycles. The maximum atomic E-state index is 5.97. The number of aryl methyl sites for hydroxylation is 1. The van der Waals surface area contributed by atoms with E-state index in [4.69, 9.17) is 4.74 Å². The minimum absolute atomic E-state index is 0.116. The molecule has 1 N–H and O–H groups in total. The van der Waals surface area contributed by atoms with Crippen molar-refractivity contribution in [2.24, 2.45) is 13.0 Å². The minimum Gasteiger partial charge on any atom is -0.385 e. The second-order valence-electron chi connectivity index (χ2n) is 7.06. The molecule has 0 radical (unpaired) electrons. The zero-order valence-corrected chi connectivity index (χ0v) is 15.0. The SMILES string of the molecule is CC(C)n1ncc2ccc(NC[C@@H]3CCO[C@H]3c3ccnn3C)cc21. The van der Waals surface area contributed by atoms with Gasteiger partial charge >= 0.3 is 0 Å². The van der Waals surface area contributed by atoms with Crippen LogP contribution in [0.15, 0.2) is 36.7 Å². The van der Waals surface area contributed by atoms with E-state index in [9.17, 15) is 0 Å². The first-order valence-electron chi connectivity index (χ1n) is 8.94. The molecule has 0 unspecified atom stereocenters. The Morgan fingerprint density at radius 2 is 2.16 bits per heavy atom. The molecule has 132 valence electrons. The Morgan fingerprint density at radius 1 is 1.28 bits per heavy atom. The molecule has 1 aliphatic rings. The van der Waals surface area contributed by atoms with Gasteiger partial charge in [-0.25, -0.2) is 0 Å². The molecular weight excluding hydrogens is 314 g/mol. The fourth-order valence-corrected chi connectivity index (χ4v) is 3.64. The topological polar surface area (TPSA) is 56.9 Å². The van der Waals surface area contributed by atoms with E-state index in [1.807, 2.05) is 24.1 Å². The smallest absolute Gasteiger partial charge is 0.104 e. The minimum atomic E-state index is 0.116. The van der Waals surface area contributed by atoms with Crippen LogP contribution < -0.4 is 5.32 Å². The van der Waals surface area contributed by atoms with Crippen molar-refractivity contribution in [3.63, 3.8) is 0 Å². The fraction of sp³-hybridized carbons (Fsp3) is 0.474. The monoisotopic (exact) mass is 339 g/mol. The van der Waals surface area contributed by atoms with Crippen LogP contribution in [0.2, 0.25) is 0 Å². The third-order valence-electron chi connectivity index (χ3n) is 5.02. The summed E-state index contributed by atoms with van der Waals surface area (Å²) in [5.74, 6) is 0.445. The van der Waals surface area contributed by atoms with Gasteiger partial charge in [-0.15, -0.1) is 0 Å². The quantitative estimate of drug-likeness (QED) is 0.772. The average molecular weight is 339 g/mol. The fourth-order valence-electron chi connectivity index (χ4n) is 3.64. The van der Waals surface area contributed by atoms with E-state index < -0.39 is 0 Å². The van der Waals surface area contributed by atoms with Crippen molar-refractivity contribution in [3.8, 4) is 0 Å². The van der Waals surface area contributed by atoms with Gasteiger partial charge in [-0.3, -0.25) is 9.36 Å². The molecular formula is C19H25N5O. The third kappa shape index (κ3) is 3.02. The summed E-state index contributed by atoms with van der Waals surface area (Å²) in [4.78, 5) is 0. The first-order chi connectivity index (χ1) is 12.1. The van der Waals surface area contributed by atoms with Gasteiger partial charge in [0.1, 0.15) is 6.10 Å². The van der Waals surface area contributed by atoms with Gasteiger partial charge in [-0.05, 0) is 44.5 Å². The molecule has 4 rings (SSSR count). The number of rotatable bonds is 5. The Hall–Kier alpha value is -2.34. The van der Waals surface area contributed by atoms with Crippen LogP contribution in [0.1, 0.15) is 38.1 Å². The van der Waals surface area contributed by atoms with Crippen LogP contribution in [0, 0.1) is 5.92 Å². The van der Waals surface area contributed by atoms with E-state index in [0.717, 1.165) is 31.0 Å². The Kier molecular flexibility index (Phi) is 4.21. The Morgan fingerprint density at radius 3 is 2.92 bits per heavy atom. The highest BCUT2D eigenvalue weighted by atomic mass is 16.5. The zero-order chi connectivity index (χ0) is 17.4. The predicted molar refractivity (Wildman–Crippen MR) is 98.6 cm³/mol. The van der Waals surface area contributed by atoms with E-state index in [2.05, 4.69) is 58.3 Å². The molecule has 1 aromatic carbocycles. The van der Waals surface area contributed by atoms with Gasteiger partial charge < -0.3 is 10.1 Å². The highest BCUT2D eigenvalue weighted by molar-refractivity contribution is 5.82. The van der Waals surface area contributed by atoms with E-state index >= 15 is 0 Å². The number of ether oxygens (including phenoxy) is 1. The molecule has 3 aromatic rings. The Bertz CT molecular complexity index is 866. The number of nitrogens with zero attached hydrogens (tertiary/aromatic N) is 4. The Balaban J connectivity index is 1.50. The molecule has 1 fully saturated rings. The second kappa shape index (κ2) is 6.52. The van der Waals surface area contributed by atoms with Gasteiger partial charge in [-0.1, -0.05) is 0 Å². The molecule has 1 aliphatic heterocycles. The van der Waals surface area contributed by atoms with E-state index in [1.54, 1.807) is 0 Å². The number of nitrogens with one attached hydrogen (secondary N) is 1. The molecule has 2 atom stereocenters. The number of hydrogen-bond donors (Lipinski definition) is 1. The van der Waals surface area contributed by atoms with Gasteiger partial charge in [0.2, 0.25) is 0 Å². The summed E-state index contributed by atoms with van der Waals surface area (Å²) in [5.41, 5.74) is 3.45. The van der Waals surface area contributed by atoms with Crippen molar-refractivity contribution < 1.29 is 4.74 Å². The molecule has 2 aromatic heterocycles. The molecule has 3 heterocycles. The zero-order valence-electron chi connectivity index (χ0n) is 15.0. The van der Waals surface area contributed by atoms with E-state index in [-0.39, 0.29) is 6.10 Å². The lowest BCUT2D eigenvalue weighted by Crippen LogP contribution is -2.19. The van der Waals surface area contributed by atoms with Crippen molar-refractivity contribution >= 4 is 16.6 Å². The molecule has 6 nitrogen and oxygen atoms in total. The van der Waals surface area contributed by atoms with Crippen LogP contribution in [-0.4, -0.2) is 32.7 Å². The number of benzene rings is 1. The summed E-state index contributed by atoms with van der Waals surface area (Å²) in [6, 6.07) is 8.86. The molecule has 0 amide bonds. The Labute approximate surface area is 147 Å². The van der Waals surface area contributed by atoms with Crippen LogP contribution >= 0.6 is 0 Å². The van der Waals surface area contributed by atoms with Gasteiger partial charge in [0.05, 0.1) is 17.4 Å². The van der Waals surface area contributed by atoms with Crippen LogP contribution in [0.3, 0.4) is 0 Å². The van der Waals surface area contributed by atoms with Gasteiger partial charge in [0.25, 0.3) is 0 Å². The summed E-state index contributed by atoms with van der Waals surface area (Å²) in [6.07, 6.45) is 4.95. The van der Waals surface area contributed by atoms with Gasteiger partial charge in [-0.2, -0.15) is 10.2 Å². The number of hydrogen-bond acceptors (Lipinski definition) is 4. The summed E-state index contributed by atoms with van der Waals surface area (Å²) >= 11 is 0. The predicted octanol–water partition coefficient (Wildman–Crippen LogP) is 3.54. The summed E-state index contributed by atoms with van der Waals surface area (Å²) < 4.78 is 9.95. The van der Waals surface area contributed by atoms with Crippen molar-refractivity contribution in [3.05, 3.63) is 42.4 Å². The van der Waals surface area contributed by atoms with Crippen LogP contribution in [0.4, 0.5) is 5.69 Å². The van der Waals surface area contributed by atoms with Crippen LogP contribution in [0.5, 0.6) is 0 Å². The van der Waals surface area contributed by atoms with Gasteiger partial charge in [0, 0.05) is 49.4 Å². The maximum absolute atomic E-state index is 5.97. The number of fused-ring (bicyclic) bond motifs is 1. The highest BCUT2D eigenvalue weighted by Crippen LogP contribution is 2.34. The second-order valence-corrected chi connectivity index (χ2v) is 7.06. The third-order valence-corrected chi connectivity index (χ3v) is 5.02. The standard InChI is InChI=1S/C19H25N5O/c1-13(2)24-18-10-16(5-4-14(18)12-22-24)20-11-15-7-9-25-19(15)17-6-8-21-23(17)3/h4-6,8,10,12-13,15,19-20H,7,9,11H2,1-3H3/t15-,19+/m0/s1. The van der Waals surface area contributed by atoms with Crippen LogP contribution in [-0.2, 0) is 11.8 Å². The van der Waals surface area contributed by atoms with E-state index in [1.165, 1.54) is 10.9 Å².